The molecule has 0 rings (SSSR count). The number of nitrogens with zero attached hydrogens (tertiary/aromatic N) is 1. The van der Waals surface area contributed by atoms with Gasteiger partial charge in [-0.05, 0) is 53.4 Å². The van der Waals surface area contributed by atoms with E-state index in [0.717, 1.165) is 25.7 Å². The van der Waals surface area contributed by atoms with E-state index in [1.165, 1.54) is 78.6 Å². The van der Waals surface area contributed by atoms with Gasteiger partial charge in [0, 0.05) is 0 Å². The van der Waals surface area contributed by atoms with E-state index < -0.39 is 40.5 Å². The first-order valence-electron chi connectivity index (χ1n) is 13.3. The number of hydrogen-bond donors (Lipinski definition) is 2. The van der Waals surface area contributed by atoms with Crippen LogP contribution in [-0.4, -0.2) is 57.3 Å². The number of aliphatic carboxylic acids is 3. The minimum atomic E-state index is -1.42. The minimum absolute atomic E-state index is 0.185. The summed E-state index contributed by atoms with van der Waals surface area (Å²) in [6.45, 7) is 6.40. The van der Waals surface area contributed by atoms with Crippen LogP contribution in [0.3, 0.4) is 0 Å². The fourth-order valence-corrected chi connectivity index (χ4v) is 4.95. The van der Waals surface area contributed by atoms with E-state index in [0.29, 0.717) is 6.42 Å². The molecule has 0 aliphatic carbocycles. The van der Waals surface area contributed by atoms with Crippen molar-refractivity contribution < 1.29 is 34.2 Å². The van der Waals surface area contributed by atoms with Crippen LogP contribution in [0.25, 0.3) is 0 Å². The second-order valence-corrected chi connectivity index (χ2v) is 9.70. The Morgan fingerprint density at radius 1 is 0.676 bits per heavy atom. The van der Waals surface area contributed by atoms with Gasteiger partial charge in [0.05, 0.1) is 12.5 Å². The lowest BCUT2D eigenvalue weighted by atomic mass is 10.00. The Labute approximate surface area is 206 Å². The number of carbonyl (C=O) groups excluding carboxylic acids is 1. The molecule has 7 heteroatoms. The van der Waals surface area contributed by atoms with Crippen molar-refractivity contribution in [3.05, 3.63) is 12.2 Å². The van der Waals surface area contributed by atoms with E-state index in [4.69, 9.17) is 0 Å². The molecule has 0 saturated heterocycles. The zero-order valence-electron chi connectivity index (χ0n) is 22.0. The van der Waals surface area contributed by atoms with Gasteiger partial charge in [0.15, 0.2) is 12.1 Å². The van der Waals surface area contributed by atoms with Crippen LogP contribution in [0.5, 0.6) is 0 Å². The summed E-state index contributed by atoms with van der Waals surface area (Å²) in [5.41, 5.74) is 0. The first-order chi connectivity index (χ1) is 16.1. The third-order valence-electron chi connectivity index (χ3n) is 7.37. The molecule has 0 aliphatic rings. The molecule has 0 bridgehead atoms. The molecular formula is C27H49NO6. The third-order valence-corrected chi connectivity index (χ3v) is 7.37. The zero-order chi connectivity index (χ0) is 26.0. The molecule has 0 fully saturated rings. The van der Waals surface area contributed by atoms with Crippen molar-refractivity contribution in [2.45, 2.75) is 136 Å². The van der Waals surface area contributed by atoms with E-state index >= 15 is 0 Å². The average molecular weight is 484 g/mol. The molecule has 0 amide bonds. The molecule has 3 atom stereocenters. The maximum atomic E-state index is 11.7. The van der Waals surface area contributed by atoms with Crippen LogP contribution in [-0.2, 0) is 14.4 Å². The predicted molar refractivity (Wildman–Crippen MR) is 133 cm³/mol. The molecule has 0 aromatic heterocycles. The van der Waals surface area contributed by atoms with Crippen LogP contribution in [0.4, 0.5) is 0 Å². The Bertz CT molecular complexity index is 568. The highest BCUT2D eigenvalue weighted by atomic mass is 16.4. The number of allylic oxidation sites excluding steroid dienone is 2. The van der Waals surface area contributed by atoms with Gasteiger partial charge in [-0.2, -0.15) is 0 Å². The predicted octanol–water partition coefficient (Wildman–Crippen LogP) is 4.93. The number of rotatable bonds is 22. The highest BCUT2D eigenvalue weighted by Gasteiger charge is 2.50. The number of carboxylic acids is 3. The summed E-state index contributed by atoms with van der Waals surface area (Å²) in [7, 11) is 0. The van der Waals surface area contributed by atoms with E-state index in [1.54, 1.807) is 0 Å². The van der Waals surface area contributed by atoms with Crippen LogP contribution in [0.15, 0.2) is 12.2 Å². The Hall–Kier alpha value is -1.89. The minimum Gasteiger partial charge on any atom is -0.544 e. The van der Waals surface area contributed by atoms with Crippen LogP contribution >= 0.6 is 0 Å². The van der Waals surface area contributed by atoms with Crippen LogP contribution in [0, 0.1) is 0 Å². The van der Waals surface area contributed by atoms with Gasteiger partial charge < -0.3 is 20.1 Å². The number of carboxylic acid groups (broad SMARTS) is 3. The topological polar surface area (TPSA) is 115 Å². The molecule has 34 heavy (non-hydrogen) atoms. The monoisotopic (exact) mass is 483 g/mol. The van der Waals surface area contributed by atoms with E-state index in [2.05, 4.69) is 19.1 Å². The van der Waals surface area contributed by atoms with Crippen molar-refractivity contribution in [2.75, 3.05) is 6.54 Å². The summed E-state index contributed by atoms with van der Waals surface area (Å²) in [5.74, 6) is -3.82. The molecule has 0 radical (unpaired) electrons. The third kappa shape index (κ3) is 11.5. The normalized spacial score (nSPS) is 16.1. The van der Waals surface area contributed by atoms with Gasteiger partial charge in [0.2, 0.25) is 0 Å². The fraction of sp³-hybridized carbons (Fsp3) is 0.815. The maximum Gasteiger partial charge on any atom is 0.362 e. The van der Waals surface area contributed by atoms with Gasteiger partial charge in [-0.3, -0.25) is 4.48 Å². The maximum absolute atomic E-state index is 11.7. The summed E-state index contributed by atoms with van der Waals surface area (Å²) in [6.07, 6.45) is 20.5. The van der Waals surface area contributed by atoms with Gasteiger partial charge in [-0.1, -0.05) is 76.4 Å². The van der Waals surface area contributed by atoms with Crippen LogP contribution in [0.1, 0.15) is 118 Å². The van der Waals surface area contributed by atoms with Crippen LogP contribution in [0.2, 0.25) is 0 Å². The second kappa shape index (κ2) is 18.4. The number of unbranched alkanes of at least 4 members (excludes halogenated alkanes) is 13. The van der Waals surface area contributed by atoms with Crippen molar-refractivity contribution in [3.8, 4) is 0 Å². The van der Waals surface area contributed by atoms with Gasteiger partial charge in [0.1, 0.15) is 6.04 Å². The quantitative estimate of drug-likeness (QED) is 0.128. The first kappa shape index (κ1) is 32.1. The van der Waals surface area contributed by atoms with E-state index in [1.807, 2.05) is 0 Å². The molecule has 0 heterocycles. The van der Waals surface area contributed by atoms with E-state index in [-0.39, 0.29) is 6.54 Å². The van der Waals surface area contributed by atoms with Gasteiger partial charge in [-0.15, -0.1) is 0 Å². The summed E-state index contributed by atoms with van der Waals surface area (Å²) in [6, 6.07) is -3.55. The Morgan fingerprint density at radius 3 is 1.35 bits per heavy atom. The Morgan fingerprint density at radius 2 is 1.03 bits per heavy atom. The smallest absolute Gasteiger partial charge is 0.362 e. The summed E-state index contributed by atoms with van der Waals surface area (Å²) in [4.78, 5) is 35.2. The number of hydrogen-bond acceptors (Lipinski definition) is 4. The first-order valence-corrected chi connectivity index (χ1v) is 13.3. The summed E-state index contributed by atoms with van der Waals surface area (Å²) >= 11 is 0. The molecular weight excluding hydrogens is 434 g/mol. The van der Waals surface area contributed by atoms with Crippen molar-refractivity contribution in [1.82, 2.24) is 0 Å². The van der Waals surface area contributed by atoms with Gasteiger partial charge >= 0.3 is 11.9 Å². The standard InChI is InChI=1S/C27H49NO6/c1-5-6-7-8-9-10-11-12-13-14-15-16-17-18-19-20-21-28(22(2)25(29)30,23(3)26(31)32)24(4)27(33)34/h5-6,22-24H,7-21H2,1-4H3,(H2-,29,30,31,32,33,34)/b6-5+. The van der Waals surface area contributed by atoms with E-state index in [9.17, 15) is 29.7 Å². The summed E-state index contributed by atoms with van der Waals surface area (Å²) in [5, 5.41) is 30.8. The Kier molecular flexibility index (Phi) is 17.4. The lowest BCUT2D eigenvalue weighted by Crippen LogP contribution is -2.72. The lowest BCUT2D eigenvalue weighted by molar-refractivity contribution is -0.969. The van der Waals surface area contributed by atoms with Gasteiger partial charge in [-0.25, -0.2) is 9.59 Å². The molecule has 3 unspecified atom stereocenters. The Balaban J connectivity index is 4.30. The highest BCUT2D eigenvalue weighted by molar-refractivity contribution is 5.76. The molecule has 0 aromatic rings. The van der Waals surface area contributed by atoms with Crippen molar-refractivity contribution in [3.63, 3.8) is 0 Å². The van der Waals surface area contributed by atoms with Crippen molar-refractivity contribution in [1.29, 1.82) is 0 Å². The molecule has 0 saturated carbocycles. The molecule has 0 aliphatic heterocycles. The van der Waals surface area contributed by atoms with Crippen molar-refractivity contribution >= 4 is 17.9 Å². The largest absolute Gasteiger partial charge is 0.544 e. The average Bonchev–Trinajstić information content (AvgIpc) is 2.80. The van der Waals surface area contributed by atoms with Crippen LogP contribution < -0.4 is 5.11 Å². The number of quaternary nitrogens is 1. The highest BCUT2D eigenvalue weighted by Crippen LogP contribution is 2.27. The summed E-state index contributed by atoms with van der Waals surface area (Å²) < 4.78 is -0.539. The second-order valence-electron chi connectivity index (χ2n) is 9.70. The fourth-order valence-electron chi connectivity index (χ4n) is 4.95. The lowest BCUT2D eigenvalue weighted by Gasteiger charge is -2.49. The SMILES string of the molecule is C/C=C/CCCCCCCCCCCCCCC[N+](C(C)C(=O)[O-])(C(C)C(=O)O)C(C)C(=O)O. The molecule has 0 spiro atoms. The number of carbonyl (C=O) groups is 3. The molecule has 7 nitrogen and oxygen atoms in total. The van der Waals surface area contributed by atoms with Crippen molar-refractivity contribution in [2.24, 2.45) is 0 Å². The molecule has 0 aromatic carbocycles. The molecule has 2 N–H and O–H groups in total. The van der Waals surface area contributed by atoms with Gasteiger partial charge in [0.25, 0.3) is 0 Å². The molecule has 198 valence electrons. The zero-order valence-corrected chi connectivity index (χ0v) is 22.0.